The predicted octanol–water partition coefficient (Wildman–Crippen LogP) is 3.10. The SMILES string of the molecule is O=S(=O)(OC1=CC[C@@H](C(F)(F)F)CC1)C(F)(F)F. The molecule has 0 aromatic rings. The molecule has 3 nitrogen and oxygen atoms in total. The van der Waals surface area contributed by atoms with Crippen molar-refractivity contribution >= 4 is 10.1 Å². The minimum absolute atomic E-state index is 0.497. The van der Waals surface area contributed by atoms with Gasteiger partial charge in [-0.1, -0.05) is 0 Å². The Balaban J connectivity index is 2.72. The standard InChI is InChI=1S/C8H8F6O3S/c9-7(10,11)5-1-3-6(4-2-5)17-18(15,16)8(12,13)14/h3,5H,1-2,4H2/t5-/m1/s1. The van der Waals surface area contributed by atoms with Crippen LogP contribution >= 0.6 is 0 Å². The second-order valence-corrected chi connectivity index (χ2v) is 5.20. The molecule has 0 bridgehead atoms. The zero-order valence-corrected chi connectivity index (χ0v) is 9.49. The van der Waals surface area contributed by atoms with E-state index in [9.17, 15) is 34.8 Å². The van der Waals surface area contributed by atoms with E-state index in [-0.39, 0.29) is 0 Å². The molecule has 1 aliphatic rings. The second-order valence-electron chi connectivity index (χ2n) is 3.67. The van der Waals surface area contributed by atoms with Crippen molar-refractivity contribution in [3.8, 4) is 0 Å². The minimum atomic E-state index is -5.80. The highest BCUT2D eigenvalue weighted by molar-refractivity contribution is 7.87. The predicted molar refractivity (Wildman–Crippen MR) is 47.5 cm³/mol. The highest BCUT2D eigenvalue weighted by Gasteiger charge is 2.49. The molecular weight excluding hydrogens is 290 g/mol. The number of hydrogen-bond acceptors (Lipinski definition) is 3. The number of halogens is 6. The van der Waals surface area contributed by atoms with E-state index in [4.69, 9.17) is 0 Å². The molecule has 1 aliphatic carbocycles. The molecule has 10 heteroatoms. The maximum absolute atomic E-state index is 12.2. The number of alkyl halides is 6. The molecule has 0 saturated carbocycles. The highest BCUT2D eigenvalue weighted by Crippen LogP contribution is 2.38. The van der Waals surface area contributed by atoms with Crippen LogP contribution in [0.3, 0.4) is 0 Å². The van der Waals surface area contributed by atoms with Crippen molar-refractivity contribution in [2.45, 2.75) is 30.9 Å². The fraction of sp³-hybridized carbons (Fsp3) is 0.750. The van der Waals surface area contributed by atoms with Gasteiger partial charge in [-0.15, -0.1) is 0 Å². The van der Waals surface area contributed by atoms with Crippen LogP contribution in [0.4, 0.5) is 26.3 Å². The third-order valence-corrected chi connectivity index (χ3v) is 3.33. The molecule has 106 valence electrons. The Morgan fingerprint density at radius 1 is 1.17 bits per heavy atom. The lowest BCUT2D eigenvalue weighted by Crippen LogP contribution is -2.28. The van der Waals surface area contributed by atoms with Gasteiger partial charge in [-0.2, -0.15) is 34.8 Å². The van der Waals surface area contributed by atoms with Crippen LogP contribution in [0.1, 0.15) is 19.3 Å². The summed E-state index contributed by atoms with van der Waals surface area (Å²) < 4.78 is 97.4. The van der Waals surface area contributed by atoms with Crippen molar-refractivity contribution in [2.24, 2.45) is 5.92 Å². The van der Waals surface area contributed by atoms with Crippen molar-refractivity contribution in [1.82, 2.24) is 0 Å². The van der Waals surface area contributed by atoms with Gasteiger partial charge in [0.15, 0.2) is 0 Å². The average molecular weight is 298 g/mol. The lowest BCUT2D eigenvalue weighted by Gasteiger charge is -2.23. The molecule has 0 heterocycles. The Morgan fingerprint density at radius 2 is 1.72 bits per heavy atom. The summed E-state index contributed by atoms with van der Waals surface area (Å²) in [6.07, 6.45) is -5.32. The fourth-order valence-corrected chi connectivity index (χ4v) is 1.90. The van der Waals surface area contributed by atoms with Gasteiger partial charge < -0.3 is 4.18 Å². The molecule has 0 amide bonds. The quantitative estimate of drug-likeness (QED) is 0.447. The van der Waals surface area contributed by atoms with Gasteiger partial charge in [0.1, 0.15) is 5.76 Å². The second kappa shape index (κ2) is 4.63. The van der Waals surface area contributed by atoms with E-state index in [0.717, 1.165) is 6.08 Å². The Bertz CT molecular complexity index is 433. The lowest BCUT2D eigenvalue weighted by molar-refractivity contribution is -0.176. The summed E-state index contributed by atoms with van der Waals surface area (Å²) in [6, 6.07) is 0. The first-order chi connectivity index (χ1) is 7.93. The summed E-state index contributed by atoms with van der Waals surface area (Å²) in [4.78, 5) is 0. The molecule has 0 spiro atoms. The van der Waals surface area contributed by atoms with Crippen molar-refractivity contribution in [3.63, 3.8) is 0 Å². The first-order valence-corrected chi connectivity index (χ1v) is 6.11. The molecule has 1 rings (SSSR count). The summed E-state index contributed by atoms with van der Waals surface area (Å²) in [6.45, 7) is 0. The molecule has 0 aromatic heterocycles. The summed E-state index contributed by atoms with van der Waals surface area (Å²) in [5.41, 5.74) is -5.59. The van der Waals surface area contributed by atoms with E-state index in [2.05, 4.69) is 4.18 Å². The van der Waals surface area contributed by atoms with E-state index in [1.165, 1.54) is 0 Å². The van der Waals surface area contributed by atoms with Crippen LogP contribution in [0.5, 0.6) is 0 Å². The summed E-state index contributed by atoms with van der Waals surface area (Å²) >= 11 is 0. The molecule has 0 aromatic carbocycles. The van der Waals surface area contributed by atoms with Gasteiger partial charge in [-0.3, -0.25) is 0 Å². The molecule has 18 heavy (non-hydrogen) atoms. The van der Waals surface area contributed by atoms with Gasteiger partial charge in [0.05, 0.1) is 5.92 Å². The minimum Gasteiger partial charge on any atom is -0.381 e. The van der Waals surface area contributed by atoms with Crippen LogP contribution in [-0.4, -0.2) is 20.1 Å². The summed E-state index contributed by atoms with van der Waals surface area (Å²) in [5, 5.41) is 0. The third-order valence-electron chi connectivity index (χ3n) is 2.33. The Labute approximate surface area is 98.5 Å². The molecular formula is C8H8F6O3S. The number of hydrogen-bond donors (Lipinski definition) is 0. The van der Waals surface area contributed by atoms with Gasteiger partial charge in [0.25, 0.3) is 0 Å². The Hall–Kier alpha value is -0.930. The molecule has 0 saturated heterocycles. The van der Waals surface area contributed by atoms with E-state index in [1.54, 1.807) is 0 Å². The van der Waals surface area contributed by atoms with Crippen LogP contribution in [0, 0.1) is 5.92 Å². The van der Waals surface area contributed by atoms with Crippen LogP contribution in [0.2, 0.25) is 0 Å². The highest BCUT2D eigenvalue weighted by atomic mass is 32.2. The fourth-order valence-electron chi connectivity index (χ4n) is 1.37. The maximum Gasteiger partial charge on any atom is 0.534 e. The van der Waals surface area contributed by atoms with E-state index in [1.807, 2.05) is 0 Å². The first kappa shape index (κ1) is 15.1. The van der Waals surface area contributed by atoms with E-state index < -0.39 is 52.7 Å². The Kier molecular flexibility index (Phi) is 3.89. The van der Waals surface area contributed by atoms with Crippen molar-refractivity contribution in [1.29, 1.82) is 0 Å². The van der Waals surface area contributed by atoms with Crippen LogP contribution < -0.4 is 0 Å². The number of allylic oxidation sites excluding steroid dienone is 2. The Morgan fingerprint density at radius 3 is 2.06 bits per heavy atom. The molecule has 0 unspecified atom stereocenters. The molecule has 0 radical (unpaired) electrons. The van der Waals surface area contributed by atoms with Crippen LogP contribution in [0.25, 0.3) is 0 Å². The van der Waals surface area contributed by atoms with Crippen molar-refractivity contribution in [3.05, 3.63) is 11.8 Å². The molecule has 0 fully saturated rings. The van der Waals surface area contributed by atoms with Gasteiger partial charge in [0, 0.05) is 6.42 Å². The van der Waals surface area contributed by atoms with E-state index in [0.29, 0.717) is 0 Å². The lowest BCUT2D eigenvalue weighted by atomic mass is 9.93. The van der Waals surface area contributed by atoms with Gasteiger partial charge in [-0.25, -0.2) is 0 Å². The monoisotopic (exact) mass is 298 g/mol. The van der Waals surface area contributed by atoms with Gasteiger partial charge in [-0.05, 0) is 18.9 Å². The largest absolute Gasteiger partial charge is 0.534 e. The van der Waals surface area contributed by atoms with Crippen LogP contribution in [-0.2, 0) is 14.3 Å². The normalized spacial score (nSPS) is 22.6. The van der Waals surface area contributed by atoms with Crippen molar-refractivity contribution < 1.29 is 38.9 Å². The van der Waals surface area contributed by atoms with E-state index >= 15 is 0 Å². The topological polar surface area (TPSA) is 43.4 Å². The smallest absolute Gasteiger partial charge is 0.381 e. The van der Waals surface area contributed by atoms with Crippen LogP contribution in [0.15, 0.2) is 11.8 Å². The third kappa shape index (κ3) is 3.53. The first-order valence-electron chi connectivity index (χ1n) is 4.70. The average Bonchev–Trinajstić information content (AvgIpc) is 2.14. The van der Waals surface area contributed by atoms with Gasteiger partial charge >= 0.3 is 21.8 Å². The van der Waals surface area contributed by atoms with Crippen molar-refractivity contribution in [2.75, 3.05) is 0 Å². The summed E-state index contributed by atoms with van der Waals surface area (Å²) in [5.74, 6) is -2.29. The molecule has 1 atom stereocenters. The maximum atomic E-state index is 12.2. The summed E-state index contributed by atoms with van der Waals surface area (Å²) in [7, 11) is -5.80. The van der Waals surface area contributed by atoms with Gasteiger partial charge in [0.2, 0.25) is 0 Å². The molecule has 0 N–H and O–H groups in total. The zero-order chi connectivity index (χ0) is 14.2. The zero-order valence-electron chi connectivity index (χ0n) is 8.68. The number of rotatable bonds is 2. The molecule has 0 aliphatic heterocycles.